The van der Waals surface area contributed by atoms with Crippen LogP contribution >= 0.6 is 31.9 Å². The van der Waals surface area contributed by atoms with Crippen LogP contribution in [0.3, 0.4) is 0 Å². The Labute approximate surface area is 130 Å². The van der Waals surface area contributed by atoms with Crippen LogP contribution in [0, 0.1) is 6.92 Å². The van der Waals surface area contributed by atoms with Gasteiger partial charge in [0.2, 0.25) is 10.0 Å². The van der Waals surface area contributed by atoms with Gasteiger partial charge in [-0.05, 0) is 59.8 Å². The van der Waals surface area contributed by atoms with E-state index in [0.29, 0.717) is 23.9 Å². The van der Waals surface area contributed by atoms with Crippen molar-refractivity contribution in [1.82, 2.24) is 4.72 Å². The lowest BCUT2D eigenvalue weighted by atomic mass is 10.2. The summed E-state index contributed by atoms with van der Waals surface area (Å²) in [5.74, 6) is 0. The van der Waals surface area contributed by atoms with Crippen LogP contribution in [0.25, 0.3) is 0 Å². The molecule has 0 spiro atoms. The summed E-state index contributed by atoms with van der Waals surface area (Å²) in [4.78, 5) is 0.229. The molecule has 0 aliphatic rings. The van der Waals surface area contributed by atoms with Crippen molar-refractivity contribution in [2.24, 2.45) is 0 Å². The minimum absolute atomic E-state index is 0.142. The monoisotopic (exact) mass is 413 g/mol. The summed E-state index contributed by atoms with van der Waals surface area (Å²) in [5.41, 5.74) is 0.966. The van der Waals surface area contributed by atoms with Gasteiger partial charge in [0.05, 0.1) is 4.90 Å². The number of aliphatic hydroxyl groups is 1. The molecule has 108 valence electrons. The third-order valence-corrected chi connectivity index (χ3v) is 5.90. The maximum atomic E-state index is 12.1. The summed E-state index contributed by atoms with van der Waals surface area (Å²) in [6.07, 6.45) is 2.21. The van der Waals surface area contributed by atoms with Crippen molar-refractivity contribution in [3.63, 3.8) is 0 Å². The second-order valence-corrected chi connectivity index (χ2v) is 7.66. The lowest BCUT2D eigenvalue weighted by Gasteiger charge is -2.10. The highest BCUT2D eigenvalue weighted by molar-refractivity contribution is 9.11. The first-order valence-electron chi connectivity index (χ1n) is 5.94. The van der Waals surface area contributed by atoms with Gasteiger partial charge in [0.25, 0.3) is 0 Å². The first kappa shape index (κ1) is 17.1. The second kappa shape index (κ2) is 7.73. The predicted octanol–water partition coefficient (Wildman–Crippen LogP) is 2.96. The molecule has 1 aromatic carbocycles. The fraction of sp³-hybridized carbons (Fsp3) is 0.500. The summed E-state index contributed by atoms with van der Waals surface area (Å²) in [5, 5.41) is 8.65. The minimum atomic E-state index is -3.51. The fourth-order valence-corrected chi connectivity index (χ4v) is 4.28. The van der Waals surface area contributed by atoms with Gasteiger partial charge in [0.15, 0.2) is 0 Å². The van der Waals surface area contributed by atoms with Gasteiger partial charge in [0, 0.05) is 22.1 Å². The molecule has 1 rings (SSSR count). The van der Waals surface area contributed by atoms with E-state index in [1.165, 1.54) is 0 Å². The quantitative estimate of drug-likeness (QED) is 0.674. The molecule has 0 aliphatic carbocycles. The van der Waals surface area contributed by atoms with Crippen LogP contribution in [0.1, 0.15) is 24.8 Å². The van der Waals surface area contributed by atoms with Crippen molar-refractivity contribution in [3.05, 3.63) is 26.6 Å². The first-order chi connectivity index (χ1) is 8.88. The third-order valence-electron chi connectivity index (χ3n) is 2.63. The Morgan fingerprint density at radius 2 is 1.84 bits per heavy atom. The van der Waals surface area contributed by atoms with Crippen LogP contribution in [-0.2, 0) is 10.0 Å². The molecule has 2 N–H and O–H groups in total. The maximum absolute atomic E-state index is 12.1. The summed E-state index contributed by atoms with van der Waals surface area (Å²) in [6, 6.07) is 3.36. The van der Waals surface area contributed by atoms with E-state index in [1.54, 1.807) is 12.1 Å². The van der Waals surface area contributed by atoms with Crippen molar-refractivity contribution < 1.29 is 13.5 Å². The Hall–Kier alpha value is 0.0500. The van der Waals surface area contributed by atoms with Crippen LogP contribution in [-0.4, -0.2) is 26.7 Å². The molecule has 0 unspecified atom stereocenters. The van der Waals surface area contributed by atoms with E-state index in [1.807, 2.05) is 6.92 Å². The van der Waals surface area contributed by atoms with E-state index in [9.17, 15) is 8.42 Å². The molecule has 0 aromatic heterocycles. The molecular weight excluding hydrogens is 398 g/mol. The molecule has 0 atom stereocenters. The van der Waals surface area contributed by atoms with E-state index >= 15 is 0 Å². The number of sulfonamides is 1. The van der Waals surface area contributed by atoms with Crippen LogP contribution in [0.2, 0.25) is 0 Å². The highest BCUT2D eigenvalue weighted by Gasteiger charge is 2.18. The molecule has 0 aliphatic heterocycles. The molecule has 1 aromatic rings. The molecule has 7 heteroatoms. The molecule has 0 heterocycles. The van der Waals surface area contributed by atoms with Gasteiger partial charge in [-0.3, -0.25) is 0 Å². The summed E-state index contributed by atoms with van der Waals surface area (Å²) in [6.45, 7) is 2.41. The number of aryl methyl sites for hydroxylation is 1. The number of benzene rings is 1. The largest absolute Gasteiger partial charge is 0.396 e. The van der Waals surface area contributed by atoms with Gasteiger partial charge < -0.3 is 5.11 Å². The Kier molecular flexibility index (Phi) is 6.96. The van der Waals surface area contributed by atoms with Gasteiger partial charge in [0.1, 0.15) is 0 Å². The molecule has 0 amide bonds. The number of unbranched alkanes of at least 4 members (excludes halogenated alkanes) is 2. The van der Waals surface area contributed by atoms with Crippen molar-refractivity contribution in [1.29, 1.82) is 0 Å². The van der Waals surface area contributed by atoms with E-state index in [2.05, 4.69) is 36.6 Å². The first-order valence-corrected chi connectivity index (χ1v) is 9.01. The zero-order chi connectivity index (χ0) is 14.5. The maximum Gasteiger partial charge on any atom is 0.241 e. The zero-order valence-electron chi connectivity index (χ0n) is 10.6. The van der Waals surface area contributed by atoms with E-state index in [-0.39, 0.29) is 11.5 Å². The van der Waals surface area contributed by atoms with Crippen molar-refractivity contribution in [2.75, 3.05) is 13.2 Å². The fourth-order valence-electron chi connectivity index (χ4n) is 1.53. The number of nitrogens with one attached hydrogen (secondary N) is 1. The number of aliphatic hydroxyl groups excluding tert-OH is 1. The normalized spacial score (nSPS) is 11.8. The van der Waals surface area contributed by atoms with Gasteiger partial charge >= 0.3 is 0 Å². The zero-order valence-corrected chi connectivity index (χ0v) is 14.6. The SMILES string of the molecule is Cc1cc(Br)c(S(=O)(=O)NCCCCCO)cc1Br. The minimum Gasteiger partial charge on any atom is -0.396 e. The molecular formula is C12H17Br2NO3S. The third kappa shape index (κ3) is 5.15. The molecule has 4 nitrogen and oxygen atoms in total. The predicted molar refractivity (Wildman–Crippen MR) is 82.7 cm³/mol. The van der Waals surface area contributed by atoms with Crippen molar-refractivity contribution in [3.8, 4) is 0 Å². The van der Waals surface area contributed by atoms with Crippen LogP contribution in [0.15, 0.2) is 26.0 Å². The molecule has 0 saturated carbocycles. The van der Waals surface area contributed by atoms with Gasteiger partial charge in [-0.25, -0.2) is 13.1 Å². The lowest BCUT2D eigenvalue weighted by molar-refractivity contribution is 0.283. The molecule has 19 heavy (non-hydrogen) atoms. The van der Waals surface area contributed by atoms with Crippen LogP contribution in [0.4, 0.5) is 0 Å². The standard InChI is InChI=1S/C12H17Br2NO3S/c1-9-7-11(14)12(8-10(9)13)19(17,18)15-5-3-2-4-6-16/h7-8,15-16H,2-6H2,1H3. The average Bonchev–Trinajstić information content (AvgIpc) is 2.33. The summed E-state index contributed by atoms with van der Waals surface area (Å²) in [7, 11) is -3.51. The van der Waals surface area contributed by atoms with Gasteiger partial charge in [-0.1, -0.05) is 15.9 Å². The van der Waals surface area contributed by atoms with Crippen molar-refractivity contribution >= 4 is 41.9 Å². The van der Waals surface area contributed by atoms with Crippen LogP contribution in [0.5, 0.6) is 0 Å². The number of halogens is 2. The Bertz CT molecular complexity index is 532. The van der Waals surface area contributed by atoms with E-state index < -0.39 is 10.0 Å². The van der Waals surface area contributed by atoms with Crippen LogP contribution < -0.4 is 4.72 Å². The molecule has 0 fully saturated rings. The molecule has 0 bridgehead atoms. The number of hydrogen-bond donors (Lipinski definition) is 2. The average molecular weight is 415 g/mol. The van der Waals surface area contributed by atoms with Crippen molar-refractivity contribution in [2.45, 2.75) is 31.1 Å². The van der Waals surface area contributed by atoms with Gasteiger partial charge in [-0.2, -0.15) is 0 Å². The number of rotatable bonds is 7. The Morgan fingerprint density at radius 3 is 2.47 bits per heavy atom. The lowest BCUT2D eigenvalue weighted by Crippen LogP contribution is -2.25. The smallest absolute Gasteiger partial charge is 0.241 e. The highest BCUT2D eigenvalue weighted by atomic mass is 79.9. The van der Waals surface area contributed by atoms with Gasteiger partial charge in [-0.15, -0.1) is 0 Å². The molecule has 0 saturated heterocycles. The number of hydrogen-bond acceptors (Lipinski definition) is 3. The summed E-state index contributed by atoms with van der Waals surface area (Å²) >= 11 is 6.61. The Morgan fingerprint density at radius 1 is 1.16 bits per heavy atom. The van der Waals surface area contributed by atoms with E-state index in [4.69, 9.17) is 5.11 Å². The van der Waals surface area contributed by atoms with E-state index in [0.717, 1.165) is 16.5 Å². The topological polar surface area (TPSA) is 66.4 Å². The molecule has 0 radical (unpaired) electrons. The second-order valence-electron chi connectivity index (χ2n) is 4.21. The summed E-state index contributed by atoms with van der Waals surface area (Å²) < 4.78 is 28.1. The Balaban J connectivity index is 2.75. The highest BCUT2D eigenvalue weighted by Crippen LogP contribution is 2.28.